The molecule has 0 aliphatic rings. The third-order valence-electron chi connectivity index (χ3n) is 3.44. The zero-order valence-corrected chi connectivity index (χ0v) is 12.8. The Kier molecular flexibility index (Phi) is 4.14. The van der Waals surface area contributed by atoms with Gasteiger partial charge >= 0.3 is 0 Å². The van der Waals surface area contributed by atoms with Crippen LogP contribution in [-0.4, -0.2) is 11.4 Å². The van der Waals surface area contributed by atoms with Crippen LogP contribution >= 0.6 is 0 Å². The second kappa shape index (κ2) is 5.70. The van der Waals surface area contributed by atoms with Crippen molar-refractivity contribution in [1.82, 2.24) is 0 Å². The summed E-state index contributed by atoms with van der Waals surface area (Å²) >= 11 is 0. The van der Waals surface area contributed by atoms with Crippen LogP contribution in [0.25, 0.3) is 0 Å². The van der Waals surface area contributed by atoms with Crippen LogP contribution in [0.4, 0.5) is 0 Å². The van der Waals surface area contributed by atoms with Crippen molar-refractivity contribution in [2.24, 2.45) is 0 Å². The highest BCUT2D eigenvalue weighted by Gasteiger charge is 2.24. The molecular formula is C18H20O3. The summed E-state index contributed by atoms with van der Waals surface area (Å²) < 4.78 is 6.03. The molecular weight excluding hydrogens is 264 g/mol. The molecule has 2 rings (SSSR count). The summed E-state index contributed by atoms with van der Waals surface area (Å²) in [5.74, 6) is 1.13. The van der Waals surface area contributed by atoms with E-state index in [1.165, 1.54) is 0 Å². The number of para-hydroxylation sites is 2. The van der Waals surface area contributed by atoms with Crippen molar-refractivity contribution in [3.63, 3.8) is 0 Å². The van der Waals surface area contributed by atoms with Crippen molar-refractivity contribution in [2.75, 3.05) is 0 Å². The van der Waals surface area contributed by atoms with E-state index >= 15 is 0 Å². The maximum Gasteiger partial charge on any atom is 0.153 e. The lowest BCUT2D eigenvalue weighted by molar-refractivity contribution is 0.0761. The van der Waals surface area contributed by atoms with E-state index in [0.717, 1.165) is 23.2 Å². The van der Waals surface area contributed by atoms with Crippen LogP contribution in [0, 0.1) is 13.8 Å². The van der Waals surface area contributed by atoms with Crippen molar-refractivity contribution in [1.29, 1.82) is 0 Å². The van der Waals surface area contributed by atoms with Gasteiger partial charge in [0.15, 0.2) is 6.29 Å². The third-order valence-corrected chi connectivity index (χ3v) is 3.44. The van der Waals surface area contributed by atoms with Crippen LogP contribution in [0.3, 0.4) is 0 Å². The minimum atomic E-state index is -1.09. The van der Waals surface area contributed by atoms with Crippen molar-refractivity contribution in [3.05, 3.63) is 58.7 Å². The van der Waals surface area contributed by atoms with Crippen LogP contribution in [0.2, 0.25) is 0 Å². The smallest absolute Gasteiger partial charge is 0.153 e. The minimum Gasteiger partial charge on any atom is -0.456 e. The fourth-order valence-electron chi connectivity index (χ4n) is 2.31. The first-order valence-corrected chi connectivity index (χ1v) is 6.89. The molecule has 2 aromatic rings. The molecule has 0 saturated heterocycles. The molecule has 0 atom stereocenters. The lowest BCUT2D eigenvalue weighted by Gasteiger charge is -2.23. The Labute approximate surface area is 125 Å². The molecule has 0 radical (unpaired) electrons. The maximum absolute atomic E-state index is 11.3. The van der Waals surface area contributed by atoms with Gasteiger partial charge in [0.1, 0.15) is 11.5 Å². The Morgan fingerprint density at radius 2 is 1.57 bits per heavy atom. The number of aliphatic hydroxyl groups is 1. The largest absolute Gasteiger partial charge is 0.456 e. The Morgan fingerprint density at radius 3 is 2.10 bits per heavy atom. The second-order valence-corrected chi connectivity index (χ2v) is 5.72. The van der Waals surface area contributed by atoms with E-state index in [0.29, 0.717) is 16.9 Å². The zero-order chi connectivity index (χ0) is 15.6. The summed E-state index contributed by atoms with van der Waals surface area (Å²) in [6.07, 6.45) is 0.748. The van der Waals surface area contributed by atoms with Crippen LogP contribution in [0.1, 0.15) is 40.9 Å². The summed E-state index contributed by atoms with van der Waals surface area (Å²) in [6.45, 7) is 7.26. The van der Waals surface area contributed by atoms with Crippen molar-refractivity contribution in [2.45, 2.75) is 33.3 Å². The molecule has 21 heavy (non-hydrogen) atoms. The molecule has 3 nitrogen and oxygen atoms in total. The van der Waals surface area contributed by atoms with Crippen LogP contribution in [-0.2, 0) is 5.60 Å². The number of rotatable bonds is 4. The van der Waals surface area contributed by atoms with Crippen LogP contribution in [0.5, 0.6) is 11.5 Å². The van der Waals surface area contributed by atoms with E-state index in [-0.39, 0.29) is 0 Å². The normalized spacial score (nSPS) is 11.3. The summed E-state index contributed by atoms with van der Waals surface area (Å²) in [7, 11) is 0. The predicted molar refractivity (Wildman–Crippen MR) is 83.1 cm³/mol. The first kappa shape index (κ1) is 15.3. The topological polar surface area (TPSA) is 46.5 Å². The van der Waals surface area contributed by atoms with Crippen LogP contribution < -0.4 is 4.74 Å². The van der Waals surface area contributed by atoms with Gasteiger partial charge in [0.25, 0.3) is 0 Å². The number of benzene rings is 2. The lowest BCUT2D eigenvalue weighted by Crippen LogP contribution is -2.17. The van der Waals surface area contributed by atoms with Crippen molar-refractivity contribution < 1.29 is 14.6 Å². The SMILES string of the molecule is Cc1cccc(C)c1Oc1c(C=O)cccc1C(C)(C)O. The third kappa shape index (κ3) is 3.14. The minimum absolute atomic E-state index is 0.414. The van der Waals surface area contributed by atoms with E-state index in [2.05, 4.69) is 0 Å². The van der Waals surface area contributed by atoms with Gasteiger partial charge < -0.3 is 9.84 Å². The molecule has 0 spiro atoms. The summed E-state index contributed by atoms with van der Waals surface area (Å²) in [5, 5.41) is 10.3. The molecule has 1 N–H and O–H groups in total. The van der Waals surface area contributed by atoms with E-state index in [9.17, 15) is 9.90 Å². The summed E-state index contributed by atoms with van der Waals surface area (Å²) in [4.78, 5) is 11.3. The molecule has 0 fully saturated rings. The fourth-order valence-corrected chi connectivity index (χ4v) is 2.31. The molecule has 0 aliphatic carbocycles. The highest BCUT2D eigenvalue weighted by molar-refractivity contribution is 5.80. The van der Waals surface area contributed by atoms with Crippen molar-refractivity contribution in [3.8, 4) is 11.5 Å². The second-order valence-electron chi connectivity index (χ2n) is 5.72. The molecule has 3 heteroatoms. The fraction of sp³-hybridized carbons (Fsp3) is 0.278. The van der Waals surface area contributed by atoms with Crippen molar-refractivity contribution >= 4 is 6.29 Å². The standard InChI is InChI=1S/C18H20O3/c1-12-7-5-8-13(2)16(12)21-17-14(11-19)9-6-10-15(17)18(3,4)20/h5-11,20H,1-4H3. The molecule has 0 amide bonds. The van der Waals surface area contributed by atoms with Gasteiger partial charge in [0, 0.05) is 5.56 Å². The van der Waals surface area contributed by atoms with Gasteiger partial charge in [-0.2, -0.15) is 0 Å². The monoisotopic (exact) mass is 284 g/mol. The quantitative estimate of drug-likeness (QED) is 0.858. The zero-order valence-electron chi connectivity index (χ0n) is 12.8. The Balaban J connectivity index is 2.60. The highest BCUT2D eigenvalue weighted by atomic mass is 16.5. The van der Waals surface area contributed by atoms with E-state index in [1.807, 2.05) is 32.0 Å². The van der Waals surface area contributed by atoms with E-state index in [4.69, 9.17) is 4.74 Å². The predicted octanol–water partition coefficient (Wildman–Crippen LogP) is 4.14. The number of hydrogen-bond donors (Lipinski definition) is 1. The number of hydrogen-bond acceptors (Lipinski definition) is 3. The average Bonchev–Trinajstić information content (AvgIpc) is 2.41. The van der Waals surface area contributed by atoms with E-state index < -0.39 is 5.60 Å². The Morgan fingerprint density at radius 1 is 1.00 bits per heavy atom. The van der Waals surface area contributed by atoms with Gasteiger partial charge in [0.2, 0.25) is 0 Å². The summed E-state index contributed by atoms with van der Waals surface area (Å²) in [6, 6.07) is 11.1. The average molecular weight is 284 g/mol. The van der Waals surface area contributed by atoms with Gasteiger partial charge in [-0.25, -0.2) is 0 Å². The highest BCUT2D eigenvalue weighted by Crippen LogP contribution is 2.37. The molecule has 110 valence electrons. The van der Waals surface area contributed by atoms with Gasteiger partial charge in [-0.3, -0.25) is 4.79 Å². The van der Waals surface area contributed by atoms with Gasteiger partial charge in [0.05, 0.1) is 11.2 Å². The Bertz CT molecular complexity index is 646. The number of carbonyl (C=O) groups is 1. The first-order chi connectivity index (χ1) is 9.84. The van der Waals surface area contributed by atoms with E-state index in [1.54, 1.807) is 32.0 Å². The number of carbonyl (C=O) groups excluding carboxylic acids is 1. The molecule has 0 bridgehead atoms. The maximum atomic E-state index is 11.3. The van der Waals surface area contributed by atoms with Gasteiger partial charge in [-0.1, -0.05) is 30.3 Å². The van der Waals surface area contributed by atoms with Crippen LogP contribution in [0.15, 0.2) is 36.4 Å². The molecule has 0 heterocycles. The lowest BCUT2D eigenvalue weighted by atomic mass is 9.95. The molecule has 0 aromatic heterocycles. The number of aldehydes is 1. The number of aryl methyl sites for hydroxylation is 2. The molecule has 2 aromatic carbocycles. The van der Waals surface area contributed by atoms with Gasteiger partial charge in [-0.05, 0) is 44.9 Å². The molecule has 0 saturated carbocycles. The number of ether oxygens (including phenoxy) is 1. The molecule has 0 aliphatic heterocycles. The Hall–Kier alpha value is -2.13. The first-order valence-electron chi connectivity index (χ1n) is 6.89. The van der Waals surface area contributed by atoms with Gasteiger partial charge in [-0.15, -0.1) is 0 Å². The molecule has 0 unspecified atom stereocenters. The summed E-state index contributed by atoms with van der Waals surface area (Å²) in [5.41, 5.74) is 1.90.